The molecule has 108 valence electrons. The Labute approximate surface area is 117 Å². The number of aromatic nitrogens is 2. The Morgan fingerprint density at radius 2 is 2.16 bits per heavy atom. The molecule has 1 aliphatic rings. The molecule has 0 spiro atoms. The van der Waals surface area contributed by atoms with E-state index in [1.165, 1.54) is 32.1 Å². The van der Waals surface area contributed by atoms with Gasteiger partial charge in [0.15, 0.2) is 0 Å². The zero-order valence-corrected chi connectivity index (χ0v) is 12.6. The van der Waals surface area contributed by atoms with E-state index >= 15 is 0 Å². The van der Waals surface area contributed by atoms with E-state index < -0.39 is 0 Å². The molecule has 0 saturated heterocycles. The standard InChI is InChI=1S/C15H28N4/c1-4-13-5-8-15(12-16,9-6-13)18(2)11-14-7-10-19(3)17-14/h7,10,13H,4-6,8-9,11-12,16H2,1-3H3. The van der Waals surface area contributed by atoms with Crippen molar-refractivity contribution in [2.24, 2.45) is 18.7 Å². The average Bonchev–Trinajstić information content (AvgIpc) is 2.84. The van der Waals surface area contributed by atoms with Gasteiger partial charge in [-0.05, 0) is 44.7 Å². The van der Waals surface area contributed by atoms with E-state index in [4.69, 9.17) is 5.73 Å². The molecule has 1 aliphatic carbocycles. The average molecular weight is 264 g/mol. The molecule has 2 N–H and O–H groups in total. The Balaban J connectivity index is 2.00. The van der Waals surface area contributed by atoms with E-state index in [0.29, 0.717) is 0 Å². The molecule has 0 amide bonds. The van der Waals surface area contributed by atoms with Gasteiger partial charge in [-0.3, -0.25) is 9.58 Å². The van der Waals surface area contributed by atoms with Crippen LogP contribution in [0.4, 0.5) is 0 Å². The highest BCUT2D eigenvalue weighted by atomic mass is 15.3. The quantitative estimate of drug-likeness (QED) is 0.886. The first-order valence-electron chi connectivity index (χ1n) is 7.49. The van der Waals surface area contributed by atoms with Crippen LogP contribution < -0.4 is 5.73 Å². The minimum absolute atomic E-state index is 0.184. The van der Waals surface area contributed by atoms with Gasteiger partial charge in [0.25, 0.3) is 0 Å². The minimum atomic E-state index is 0.184. The van der Waals surface area contributed by atoms with Gasteiger partial charge in [-0.2, -0.15) is 5.10 Å². The Bertz CT molecular complexity index is 391. The zero-order valence-electron chi connectivity index (χ0n) is 12.6. The lowest BCUT2D eigenvalue weighted by molar-refractivity contribution is 0.0568. The summed E-state index contributed by atoms with van der Waals surface area (Å²) in [7, 11) is 4.17. The third-order valence-electron chi connectivity index (χ3n) is 4.97. The summed E-state index contributed by atoms with van der Waals surface area (Å²) in [6.07, 6.45) is 8.41. The van der Waals surface area contributed by atoms with Crippen LogP contribution in [-0.2, 0) is 13.6 Å². The van der Waals surface area contributed by atoms with E-state index in [-0.39, 0.29) is 5.54 Å². The van der Waals surface area contributed by atoms with Gasteiger partial charge in [0, 0.05) is 31.9 Å². The monoisotopic (exact) mass is 264 g/mol. The zero-order chi connectivity index (χ0) is 13.9. The molecule has 4 nitrogen and oxygen atoms in total. The summed E-state index contributed by atoms with van der Waals surface area (Å²) in [5, 5.41) is 4.48. The maximum atomic E-state index is 6.12. The molecule has 0 bridgehead atoms. The Morgan fingerprint density at radius 1 is 1.47 bits per heavy atom. The van der Waals surface area contributed by atoms with Gasteiger partial charge >= 0.3 is 0 Å². The molecule has 1 aromatic heterocycles. The first-order valence-corrected chi connectivity index (χ1v) is 7.49. The number of aryl methyl sites for hydroxylation is 1. The predicted octanol–water partition coefficient (Wildman–Crippen LogP) is 2.15. The number of nitrogens with zero attached hydrogens (tertiary/aromatic N) is 3. The lowest BCUT2D eigenvalue weighted by Crippen LogP contribution is -2.53. The van der Waals surface area contributed by atoms with E-state index in [0.717, 1.165) is 24.7 Å². The highest BCUT2D eigenvalue weighted by Gasteiger charge is 2.37. The van der Waals surface area contributed by atoms with Crippen LogP contribution in [0.15, 0.2) is 12.3 Å². The van der Waals surface area contributed by atoms with Crippen LogP contribution in [0.1, 0.15) is 44.7 Å². The van der Waals surface area contributed by atoms with E-state index in [9.17, 15) is 0 Å². The fourth-order valence-corrected chi connectivity index (χ4v) is 3.32. The third-order valence-corrected chi connectivity index (χ3v) is 4.97. The second-order valence-corrected chi connectivity index (χ2v) is 6.12. The molecule has 19 heavy (non-hydrogen) atoms. The molecule has 0 atom stereocenters. The van der Waals surface area contributed by atoms with Crippen LogP contribution in [0.5, 0.6) is 0 Å². The molecule has 1 fully saturated rings. The topological polar surface area (TPSA) is 47.1 Å². The maximum Gasteiger partial charge on any atom is 0.0764 e. The second kappa shape index (κ2) is 6.06. The predicted molar refractivity (Wildman–Crippen MR) is 78.7 cm³/mol. The van der Waals surface area contributed by atoms with Crippen LogP contribution in [0.2, 0.25) is 0 Å². The third kappa shape index (κ3) is 3.18. The van der Waals surface area contributed by atoms with E-state index in [1.54, 1.807) is 0 Å². The fourth-order valence-electron chi connectivity index (χ4n) is 3.32. The van der Waals surface area contributed by atoms with Gasteiger partial charge in [-0.15, -0.1) is 0 Å². The number of likely N-dealkylation sites (N-methyl/N-ethyl adjacent to an activating group) is 1. The Morgan fingerprint density at radius 3 is 2.63 bits per heavy atom. The van der Waals surface area contributed by atoms with Crippen molar-refractivity contribution in [3.05, 3.63) is 18.0 Å². The molecule has 0 aliphatic heterocycles. The summed E-state index contributed by atoms with van der Waals surface area (Å²) in [6, 6.07) is 2.10. The lowest BCUT2D eigenvalue weighted by atomic mass is 9.74. The SMILES string of the molecule is CCC1CCC(CN)(N(C)Cc2ccn(C)n2)CC1. The smallest absolute Gasteiger partial charge is 0.0764 e. The van der Waals surface area contributed by atoms with Gasteiger partial charge in [0.1, 0.15) is 0 Å². The normalized spacial score (nSPS) is 27.9. The summed E-state index contributed by atoms with van der Waals surface area (Å²) in [6.45, 7) is 3.96. The highest BCUT2D eigenvalue weighted by Crippen LogP contribution is 2.37. The first kappa shape index (κ1) is 14.5. The number of nitrogens with two attached hydrogens (primary N) is 1. The number of hydrogen-bond donors (Lipinski definition) is 1. The molecular weight excluding hydrogens is 236 g/mol. The molecule has 2 rings (SSSR count). The summed E-state index contributed by atoms with van der Waals surface area (Å²) < 4.78 is 1.87. The molecule has 0 radical (unpaired) electrons. The van der Waals surface area contributed by atoms with Crippen molar-refractivity contribution in [2.75, 3.05) is 13.6 Å². The van der Waals surface area contributed by atoms with Gasteiger partial charge < -0.3 is 5.73 Å². The van der Waals surface area contributed by atoms with Gasteiger partial charge in [0.05, 0.1) is 5.69 Å². The summed E-state index contributed by atoms with van der Waals surface area (Å²) in [5.41, 5.74) is 7.44. The van der Waals surface area contributed by atoms with Crippen molar-refractivity contribution in [1.29, 1.82) is 0 Å². The Kier molecular flexibility index (Phi) is 4.63. The second-order valence-electron chi connectivity index (χ2n) is 6.12. The Hall–Kier alpha value is -0.870. The number of rotatable bonds is 5. The van der Waals surface area contributed by atoms with Gasteiger partial charge in [0.2, 0.25) is 0 Å². The lowest BCUT2D eigenvalue weighted by Gasteiger charge is -2.45. The molecule has 0 aromatic carbocycles. The molecular formula is C15H28N4. The minimum Gasteiger partial charge on any atom is -0.329 e. The van der Waals surface area contributed by atoms with Crippen molar-refractivity contribution in [2.45, 2.75) is 51.1 Å². The summed E-state index contributed by atoms with van der Waals surface area (Å²) >= 11 is 0. The van der Waals surface area contributed by atoms with Crippen LogP contribution in [0.25, 0.3) is 0 Å². The van der Waals surface area contributed by atoms with Crippen molar-refractivity contribution < 1.29 is 0 Å². The van der Waals surface area contributed by atoms with Crippen molar-refractivity contribution in [1.82, 2.24) is 14.7 Å². The van der Waals surface area contributed by atoms with Crippen LogP contribution in [0.3, 0.4) is 0 Å². The maximum absolute atomic E-state index is 6.12. The van der Waals surface area contributed by atoms with Crippen LogP contribution >= 0.6 is 0 Å². The molecule has 0 unspecified atom stereocenters. The van der Waals surface area contributed by atoms with Crippen molar-refractivity contribution in [3.63, 3.8) is 0 Å². The molecule has 1 saturated carbocycles. The van der Waals surface area contributed by atoms with Crippen molar-refractivity contribution >= 4 is 0 Å². The van der Waals surface area contributed by atoms with Gasteiger partial charge in [-0.25, -0.2) is 0 Å². The van der Waals surface area contributed by atoms with Gasteiger partial charge in [-0.1, -0.05) is 13.3 Å². The highest BCUT2D eigenvalue weighted by molar-refractivity contribution is 5.02. The number of hydrogen-bond acceptors (Lipinski definition) is 3. The summed E-state index contributed by atoms with van der Waals surface area (Å²) in [5.74, 6) is 0.905. The van der Waals surface area contributed by atoms with E-state index in [1.807, 2.05) is 17.9 Å². The molecule has 1 aromatic rings. The van der Waals surface area contributed by atoms with Crippen LogP contribution in [-0.4, -0.2) is 33.8 Å². The fraction of sp³-hybridized carbons (Fsp3) is 0.800. The van der Waals surface area contributed by atoms with Crippen molar-refractivity contribution in [3.8, 4) is 0 Å². The summed E-state index contributed by atoms with van der Waals surface area (Å²) in [4.78, 5) is 2.43. The first-order chi connectivity index (χ1) is 9.09. The molecule has 4 heteroatoms. The van der Waals surface area contributed by atoms with E-state index in [2.05, 4.69) is 30.0 Å². The van der Waals surface area contributed by atoms with Crippen LogP contribution in [0, 0.1) is 5.92 Å². The molecule has 1 heterocycles. The largest absolute Gasteiger partial charge is 0.329 e.